The highest BCUT2D eigenvalue weighted by Crippen LogP contribution is 2.14. The molecule has 25 heavy (non-hydrogen) atoms. The third-order valence-corrected chi connectivity index (χ3v) is 3.84. The lowest BCUT2D eigenvalue weighted by molar-refractivity contribution is -0.133. The summed E-state index contributed by atoms with van der Waals surface area (Å²) >= 11 is 9.20. The Morgan fingerprint density at radius 3 is 2.44 bits per heavy atom. The molecule has 2 aromatic rings. The van der Waals surface area contributed by atoms with Crippen molar-refractivity contribution in [3.8, 4) is 0 Å². The second-order valence-electron chi connectivity index (χ2n) is 4.87. The number of hydrogen-bond donors (Lipinski definition) is 1. The molecule has 2 rings (SSSR count). The van der Waals surface area contributed by atoms with Gasteiger partial charge in [0.2, 0.25) is 0 Å². The van der Waals surface area contributed by atoms with Crippen molar-refractivity contribution in [1.82, 2.24) is 5.01 Å². The Labute approximate surface area is 159 Å². The smallest absolute Gasteiger partial charge is 0.377 e. The summed E-state index contributed by atoms with van der Waals surface area (Å²) in [5.74, 6) is -0.601. The summed E-state index contributed by atoms with van der Waals surface area (Å²) in [5, 5.41) is 10.3. The van der Waals surface area contributed by atoms with E-state index in [4.69, 9.17) is 16.3 Å². The van der Waals surface area contributed by atoms with Crippen LogP contribution in [0.5, 0.6) is 0 Å². The Morgan fingerprint density at radius 2 is 1.84 bits per heavy atom. The van der Waals surface area contributed by atoms with E-state index in [-0.39, 0.29) is 5.84 Å². The number of esters is 1. The van der Waals surface area contributed by atoms with Crippen molar-refractivity contribution < 1.29 is 9.53 Å². The molecule has 0 aromatic heterocycles. The second kappa shape index (κ2) is 9.19. The topological polar surface area (TPSA) is 66.3 Å². The summed E-state index contributed by atoms with van der Waals surface area (Å²) in [6, 6.07) is 14.5. The summed E-state index contributed by atoms with van der Waals surface area (Å²) < 4.78 is 5.70. The zero-order valence-corrected chi connectivity index (χ0v) is 16.0. The number of anilines is 1. The van der Waals surface area contributed by atoms with Crippen LogP contribution in [0.15, 0.2) is 63.2 Å². The average molecular weight is 424 g/mol. The molecule has 0 spiro atoms. The first-order valence-electron chi connectivity index (χ1n) is 7.20. The minimum Gasteiger partial charge on any atom is -0.463 e. The van der Waals surface area contributed by atoms with Crippen LogP contribution in [0.25, 0.3) is 0 Å². The molecule has 0 unspecified atom stereocenters. The first-order chi connectivity index (χ1) is 12.0. The molecule has 8 heteroatoms. The molecule has 0 aliphatic carbocycles. The molecular formula is C17H16BrClN4O2. The summed E-state index contributed by atoms with van der Waals surface area (Å²) in [5.41, 5.74) is 4.36. The average Bonchev–Trinajstić information content (AvgIpc) is 2.62. The van der Waals surface area contributed by atoms with E-state index >= 15 is 0 Å². The largest absolute Gasteiger partial charge is 0.463 e. The highest BCUT2D eigenvalue weighted by atomic mass is 79.9. The number of nitrogens with zero attached hydrogens (tertiary/aromatic N) is 3. The number of ether oxygens (including phenoxy) is 1. The van der Waals surface area contributed by atoms with Gasteiger partial charge in [-0.25, -0.2) is 9.80 Å². The van der Waals surface area contributed by atoms with Crippen LogP contribution in [0.1, 0.15) is 5.56 Å². The molecule has 6 nitrogen and oxygen atoms in total. The van der Waals surface area contributed by atoms with Crippen LogP contribution in [-0.4, -0.2) is 37.2 Å². The number of carbonyl (C=O) groups is 1. The van der Waals surface area contributed by atoms with Crippen LogP contribution in [0, 0.1) is 0 Å². The molecule has 0 fully saturated rings. The first-order valence-corrected chi connectivity index (χ1v) is 8.37. The predicted octanol–water partition coefficient (Wildman–Crippen LogP) is 3.97. The van der Waals surface area contributed by atoms with Crippen LogP contribution in [0.2, 0.25) is 5.02 Å². The van der Waals surface area contributed by atoms with Gasteiger partial charge in [0.1, 0.15) is 0 Å². The SMILES string of the molecule is COC(=O)/C(=N/Nc1ccc(Br)cc1)N(C)/N=C/c1ccc(Cl)cc1. The number of benzene rings is 2. The molecule has 0 atom stereocenters. The van der Waals surface area contributed by atoms with E-state index in [1.54, 1.807) is 25.4 Å². The number of rotatable bonds is 4. The van der Waals surface area contributed by atoms with Crippen LogP contribution < -0.4 is 5.43 Å². The van der Waals surface area contributed by atoms with E-state index in [0.717, 1.165) is 15.7 Å². The minimum absolute atomic E-state index is 0.00984. The molecule has 0 heterocycles. The molecule has 0 aliphatic rings. The van der Waals surface area contributed by atoms with Crippen molar-refractivity contribution in [2.75, 3.05) is 19.6 Å². The number of hydrogen-bond acceptors (Lipinski definition) is 5. The molecule has 0 bridgehead atoms. The number of amidine groups is 1. The van der Waals surface area contributed by atoms with Crippen LogP contribution >= 0.6 is 27.5 Å². The number of nitrogens with one attached hydrogen (secondary N) is 1. The standard InChI is InChI=1S/C17H16BrClN4O2/c1-23(20-11-12-3-7-14(19)8-4-12)16(17(24)25-2)22-21-15-9-5-13(18)6-10-15/h3-11,21H,1-2H3/b20-11+,22-16-. The maximum atomic E-state index is 12.0. The van der Waals surface area contributed by atoms with Gasteiger partial charge in [0, 0.05) is 16.5 Å². The summed E-state index contributed by atoms with van der Waals surface area (Å²) in [6.45, 7) is 0. The van der Waals surface area contributed by atoms with Gasteiger partial charge in [-0.1, -0.05) is 39.7 Å². The lowest BCUT2D eigenvalue weighted by Crippen LogP contribution is -2.31. The lowest BCUT2D eigenvalue weighted by Gasteiger charge is -2.14. The van der Waals surface area contributed by atoms with E-state index in [9.17, 15) is 4.79 Å². The van der Waals surface area contributed by atoms with Gasteiger partial charge in [-0.15, -0.1) is 5.10 Å². The van der Waals surface area contributed by atoms with Crippen molar-refractivity contribution >= 4 is 51.2 Å². The Kier molecular flexibility index (Phi) is 6.97. The van der Waals surface area contributed by atoms with Crippen molar-refractivity contribution in [3.63, 3.8) is 0 Å². The van der Waals surface area contributed by atoms with Crippen molar-refractivity contribution in [2.24, 2.45) is 10.2 Å². The highest BCUT2D eigenvalue weighted by Gasteiger charge is 2.16. The van der Waals surface area contributed by atoms with E-state index in [1.165, 1.54) is 12.1 Å². The summed E-state index contributed by atoms with van der Waals surface area (Å²) in [7, 11) is 2.89. The van der Waals surface area contributed by atoms with Gasteiger partial charge < -0.3 is 4.74 Å². The van der Waals surface area contributed by atoms with E-state index in [2.05, 4.69) is 31.6 Å². The van der Waals surface area contributed by atoms with Crippen molar-refractivity contribution in [1.29, 1.82) is 0 Å². The Bertz CT molecular complexity index is 776. The van der Waals surface area contributed by atoms with Crippen LogP contribution in [-0.2, 0) is 9.53 Å². The normalized spacial score (nSPS) is 11.4. The maximum Gasteiger partial charge on any atom is 0.377 e. The first kappa shape index (κ1) is 19.0. The van der Waals surface area contributed by atoms with Gasteiger partial charge >= 0.3 is 5.97 Å². The summed E-state index contributed by atoms with van der Waals surface area (Å²) in [6.07, 6.45) is 1.59. The fourth-order valence-electron chi connectivity index (χ4n) is 1.74. The lowest BCUT2D eigenvalue weighted by atomic mass is 10.2. The highest BCUT2D eigenvalue weighted by molar-refractivity contribution is 9.10. The Hall–Kier alpha value is -2.38. The Balaban J connectivity index is 2.14. The van der Waals surface area contributed by atoms with Crippen LogP contribution in [0.4, 0.5) is 5.69 Å². The van der Waals surface area contributed by atoms with Crippen molar-refractivity contribution in [3.05, 3.63) is 63.6 Å². The monoisotopic (exact) mass is 422 g/mol. The van der Waals surface area contributed by atoms with Gasteiger partial charge in [-0.2, -0.15) is 5.10 Å². The zero-order chi connectivity index (χ0) is 18.2. The van der Waals surface area contributed by atoms with E-state index in [1.807, 2.05) is 36.4 Å². The maximum absolute atomic E-state index is 12.0. The fourth-order valence-corrected chi connectivity index (χ4v) is 2.13. The van der Waals surface area contributed by atoms with Gasteiger partial charge in [0.15, 0.2) is 0 Å². The molecule has 0 saturated carbocycles. The Morgan fingerprint density at radius 1 is 1.20 bits per heavy atom. The van der Waals surface area contributed by atoms with E-state index in [0.29, 0.717) is 5.02 Å². The number of halogens is 2. The van der Waals surface area contributed by atoms with Crippen molar-refractivity contribution in [2.45, 2.75) is 0 Å². The third-order valence-electron chi connectivity index (χ3n) is 3.06. The number of carbonyl (C=O) groups excluding carboxylic acids is 1. The van der Waals surface area contributed by atoms with Crippen LogP contribution in [0.3, 0.4) is 0 Å². The molecule has 2 aromatic carbocycles. The molecule has 0 saturated heterocycles. The summed E-state index contributed by atoms with van der Waals surface area (Å²) in [4.78, 5) is 12.0. The second-order valence-corrected chi connectivity index (χ2v) is 6.22. The molecule has 1 N–H and O–H groups in total. The molecular weight excluding hydrogens is 408 g/mol. The predicted molar refractivity (Wildman–Crippen MR) is 104 cm³/mol. The number of methoxy groups -OCH3 is 1. The van der Waals surface area contributed by atoms with Gasteiger partial charge in [0.05, 0.1) is 19.0 Å². The fraction of sp³-hybridized carbons (Fsp3) is 0.118. The molecule has 0 amide bonds. The quantitative estimate of drug-likeness (QED) is 0.350. The molecule has 0 aliphatic heterocycles. The zero-order valence-electron chi connectivity index (χ0n) is 13.6. The third kappa shape index (κ3) is 5.88. The minimum atomic E-state index is -0.611. The van der Waals surface area contributed by atoms with Gasteiger partial charge in [-0.05, 0) is 42.0 Å². The molecule has 0 radical (unpaired) electrons. The number of hydrazone groups is 2. The van der Waals surface area contributed by atoms with E-state index < -0.39 is 5.97 Å². The van der Waals surface area contributed by atoms with Gasteiger partial charge in [0.25, 0.3) is 5.84 Å². The van der Waals surface area contributed by atoms with Gasteiger partial charge in [-0.3, -0.25) is 5.43 Å². The molecule has 130 valence electrons. The number of likely N-dealkylation sites (N-methyl/N-ethyl adjacent to an activating group) is 1.